The van der Waals surface area contributed by atoms with E-state index in [0.29, 0.717) is 11.3 Å². The lowest BCUT2D eigenvalue weighted by molar-refractivity contribution is 0.276. The molecule has 0 unspecified atom stereocenters. The first-order valence-corrected chi connectivity index (χ1v) is 5.84. The van der Waals surface area contributed by atoms with Crippen LogP contribution in [0.5, 0.6) is 11.5 Å². The molecule has 0 spiro atoms. The van der Waals surface area contributed by atoms with Crippen LogP contribution in [0.4, 0.5) is 0 Å². The van der Waals surface area contributed by atoms with Crippen LogP contribution in [0.1, 0.15) is 5.56 Å². The third kappa shape index (κ3) is 2.70. The van der Waals surface area contributed by atoms with Crippen molar-refractivity contribution in [2.24, 2.45) is 0 Å². The highest BCUT2D eigenvalue weighted by atomic mass is 127. The Balaban J connectivity index is 2.23. The zero-order chi connectivity index (χ0) is 11.4. The van der Waals surface area contributed by atoms with Crippen molar-refractivity contribution >= 4 is 22.6 Å². The number of nitrogens with zero attached hydrogens (tertiary/aromatic N) is 1. The molecule has 0 aliphatic rings. The van der Waals surface area contributed by atoms with Gasteiger partial charge in [0, 0.05) is 21.5 Å². The van der Waals surface area contributed by atoms with Crippen molar-refractivity contribution in [3.8, 4) is 11.5 Å². The van der Waals surface area contributed by atoms with Gasteiger partial charge in [0.15, 0.2) is 0 Å². The minimum atomic E-state index is -0.0759. The first-order valence-electron chi connectivity index (χ1n) is 4.77. The molecule has 0 bridgehead atoms. The Morgan fingerprint density at radius 2 is 1.94 bits per heavy atom. The second kappa shape index (κ2) is 5.27. The Labute approximate surface area is 107 Å². The van der Waals surface area contributed by atoms with E-state index in [1.807, 2.05) is 24.3 Å². The van der Waals surface area contributed by atoms with Gasteiger partial charge in [-0.05, 0) is 52.9 Å². The maximum absolute atomic E-state index is 9.12. The first-order chi connectivity index (χ1) is 7.79. The molecule has 1 aromatic carbocycles. The summed E-state index contributed by atoms with van der Waals surface area (Å²) in [7, 11) is 0. The van der Waals surface area contributed by atoms with E-state index >= 15 is 0 Å². The average molecular weight is 327 g/mol. The molecule has 0 aliphatic heterocycles. The fourth-order valence-electron chi connectivity index (χ4n) is 1.26. The Morgan fingerprint density at radius 3 is 2.62 bits per heavy atom. The van der Waals surface area contributed by atoms with Crippen LogP contribution < -0.4 is 4.74 Å². The number of aliphatic hydroxyl groups excluding tert-OH is 1. The lowest BCUT2D eigenvalue weighted by Gasteiger charge is -2.08. The number of pyridine rings is 1. The second-order valence-corrected chi connectivity index (χ2v) is 4.44. The molecule has 0 radical (unpaired) electrons. The van der Waals surface area contributed by atoms with Crippen LogP contribution in [0.25, 0.3) is 0 Å². The number of rotatable bonds is 3. The lowest BCUT2D eigenvalue weighted by atomic mass is 10.2. The largest absolute Gasteiger partial charge is 0.457 e. The van der Waals surface area contributed by atoms with Gasteiger partial charge in [-0.15, -0.1) is 0 Å². The molecule has 2 aromatic rings. The van der Waals surface area contributed by atoms with Crippen LogP contribution in [0.2, 0.25) is 0 Å². The standard InChI is InChI=1S/C12H10INO2/c13-10-1-3-11(4-2-10)16-12-5-6-14-7-9(12)8-15/h1-7,15H,8H2. The molecule has 4 heteroatoms. The van der Waals surface area contributed by atoms with Crippen molar-refractivity contribution in [1.82, 2.24) is 4.98 Å². The van der Waals surface area contributed by atoms with Crippen LogP contribution in [0.15, 0.2) is 42.7 Å². The molecule has 3 nitrogen and oxygen atoms in total. The van der Waals surface area contributed by atoms with Gasteiger partial charge in [-0.1, -0.05) is 0 Å². The molecule has 0 aliphatic carbocycles. The topological polar surface area (TPSA) is 42.4 Å². The van der Waals surface area contributed by atoms with E-state index in [1.54, 1.807) is 18.5 Å². The van der Waals surface area contributed by atoms with E-state index in [4.69, 9.17) is 9.84 Å². The summed E-state index contributed by atoms with van der Waals surface area (Å²) in [5.74, 6) is 1.39. The van der Waals surface area contributed by atoms with Gasteiger partial charge >= 0.3 is 0 Å². The van der Waals surface area contributed by atoms with Crippen molar-refractivity contribution in [2.45, 2.75) is 6.61 Å². The lowest BCUT2D eigenvalue weighted by Crippen LogP contribution is -1.92. The van der Waals surface area contributed by atoms with Crippen molar-refractivity contribution < 1.29 is 9.84 Å². The molecule has 16 heavy (non-hydrogen) atoms. The highest BCUT2D eigenvalue weighted by Gasteiger charge is 2.03. The van der Waals surface area contributed by atoms with Gasteiger partial charge in [-0.3, -0.25) is 4.98 Å². The third-order valence-corrected chi connectivity index (χ3v) is 2.79. The predicted octanol–water partition coefficient (Wildman–Crippen LogP) is 2.97. The number of halogens is 1. The quantitative estimate of drug-likeness (QED) is 0.882. The molecule has 0 atom stereocenters. The average Bonchev–Trinajstić information content (AvgIpc) is 2.33. The van der Waals surface area contributed by atoms with Gasteiger partial charge in [-0.25, -0.2) is 0 Å². The van der Waals surface area contributed by atoms with Gasteiger partial charge in [0.1, 0.15) is 11.5 Å². The van der Waals surface area contributed by atoms with Crippen molar-refractivity contribution in [3.05, 3.63) is 51.9 Å². The van der Waals surface area contributed by atoms with Crippen molar-refractivity contribution in [1.29, 1.82) is 0 Å². The minimum absolute atomic E-state index is 0.0759. The van der Waals surface area contributed by atoms with Crippen LogP contribution in [0, 0.1) is 3.57 Å². The Hall–Kier alpha value is -1.14. The Kier molecular flexibility index (Phi) is 3.74. The maximum atomic E-state index is 9.12. The summed E-state index contributed by atoms with van der Waals surface area (Å²) in [6.07, 6.45) is 3.24. The third-order valence-electron chi connectivity index (χ3n) is 2.07. The molecular formula is C12H10INO2. The highest BCUT2D eigenvalue weighted by Crippen LogP contribution is 2.24. The molecule has 0 amide bonds. The summed E-state index contributed by atoms with van der Waals surface area (Å²) < 4.78 is 6.81. The number of aliphatic hydroxyl groups is 1. The van der Waals surface area contributed by atoms with E-state index in [1.165, 1.54) is 0 Å². The summed E-state index contributed by atoms with van der Waals surface area (Å²) in [5, 5.41) is 9.12. The van der Waals surface area contributed by atoms with E-state index in [0.717, 1.165) is 9.32 Å². The smallest absolute Gasteiger partial charge is 0.136 e. The molecule has 0 fully saturated rings. The second-order valence-electron chi connectivity index (χ2n) is 3.20. The van der Waals surface area contributed by atoms with Gasteiger partial charge in [-0.2, -0.15) is 0 Å². The van der Waals surface area contributed by atoms with E-state index < -0.39 is 0 Å². The van der Waals surface area contributed by atoms with Crippen LogP contribution in [-0.4, -0.2) is 10.1 Å². The molecule has 1 aromatic heterocycles. The number of aromatic nitrogens is 1. The monoisotopic (exact) mass is 327 g/mol. The van der Waals surface area contributed by atoms with Crippen molar-refractivity contribution in [3.63, 3.8) is 0 Å². The maximum Gasteiger partial charge on any atom is 0.136 e. The summed E-state index contributed by atoms with van der Waals surface area (Å²) in [6.45, 7) is -0.0759. The molecule has 82 valence electrons. The van der Waals surface area contributed by atoms with Crippen LogP contribution in [0.3, 0.4) is 0 Å². The summed E-state index contributed by atoms with van der Waals surface area (Å²) >= 11 is 2.24. The number of ether oxygens (including phenoxy) is 1. The Bertz CT molecular complexity index is 471. The predicted molar refractivity (Wildman–Crippen MR) is 69.4 cm³/mol. The molecule has 0 saturated heterocycles. The number of hydrogen-bond acceptors (Lipinski definition) is 3. The fourth-order valence-corrected chi connectivity index (χ4v) is 1.62. The van der Waals surface area contributed by atoms with Crippen LogP contribution in [-0.2, 0) is 6.61 Å². The summed E-state index contributed by atoms with van der Waals surface area (Å²) in [6, 6.07) is 9.46. The molecule has 1 N–H and O–H groups in total. The SMILES string of the molecule is OCc1cnccc1Oc1ccc(I)cc1. The van der Waals surface area contributed by atoms with Gasteiger partial charge in [0.2, 0.25) is 0 Å². The van der Waals surface area contributed by atoms with Gasteiger partial charge in [0.05, 0.1) is 6.61 Å². The first kappa shape index (κ1) is 11.3. The van der Waals surface area contributed by atoms with Gasteiger partial charge in [0.25, 0.3) is 0 Å². The zero-order valence-electron chi connectivity index (χ0n) is 8.43. The minimum Gasteiger partial charge on any atom is -0.457 e. The van der Waals surface area contributed by atoms with E-state index in [9.17, 15) is 0 Å². The Morgan fingerprint density at radius 1 is 1.19 bits per heavy atom. The number of hydrogen-bond donors (Lipinski definition) is 1. The molecular weight excluding hydrogens is 317 g/mol. The summed E-state index contributed by atoms with van der Waals surface area (Å²) in [5.41, 5.74) is 0.682. The van der Waals surface area contributed by atoms with E-state index in [2.05, 4.69) is 27.6 Å². The highest BCUT2D eigenvalue weighted by molar-refractivity contribution is 14.1. The number of benzene rings is 1. The molecule has 2 rings (SSSR count). The molecule has 0 saturated carbocycles. The fraction of sp³-hybridized carbons (Fsp3) is 0.0833. The van der Waals surface area contributed by atoms with Crippen molar-refractivity contribution in [2.75, 3.05) is 0 Å². The van der Waals surface area contributed by atoms with Gasteiger partial charge < -0.3 is 9.84 Å². The zero-order valence-corrected chi connectivity index (χ0v) is 10.6. The molecule has 1 heterocycles. The summed E-state index contributed by atoms with van der Waals surface area (Å²) in [4.78, 5) is 3.93. The van der Waals surface area contributed by atoms with E-state index in [-0.39, 0.29) is 6.61 Å². The normalized spacial score (nSPS) is 10.1. The van der Waals surface area contributed by atoms with Crippen LogP contribution >= 0.6 is 22.6 Å².